The van der Waals surface area contributed by atoms with E-state index in [1.54, 1.807) is 6.92 Å². The first kappa shape index (κ1) is 15.3. The molecule has 0 saturated carbocycles. The highest BCUT2D eigenvalue weighted by atomic mass is 32.1. The van der Waals surface area contributed by atoms with E-state index in [1.165, 1.54) is 11.3 Å². The van der Waals surface area contributed by atoms with E-state index in [-0.39, 0.29) is 0 Å². The second-order valence-corrected chi connectivity index (χ2v) is 5.52. The number of nitrogens with one attached hydrogen (secondary N) is 1. The third-order valence-corrected chi connectivity index (χ3v) is 4.08. The number of nitrogens with zero attached hydrogens (tertiary/aromatic N) is 3. The molecule has 0 fully saturated rings. The molecule has 0 aliphatic carbocycles. The maximum absolute atomic E-state index is 13.5. The van der Waals surface area contributed by atoms with Gasteiger partial charge in [0.25, 0.3) is 11.9 Å². The monoisotopic (exact) mass is 340 g/mol. The minimum Gasteiger partial charge on any atom is -0.272 e. The minimum atomic E-state index is -1.75. The Labute approximate surface area is 131 Å². The maximum atomic E-state index is 13.5. The summed E-state index contributed by atoms with van der Waals surface area (Å²) in [4.78, 5) is 6.77. The van der Waals surface area contributed by atoms with Crippen LogP contribution in [0, 0.1) is 23.5 Å². The molecule has 9 heteroatoms. The number of hydrogen-bond acceptors (Lipinski definition) is 5. The van der Waals surface area contributed by atoms with E-state index in [9.17, 15) is 17.6 Å². The van der Waals surface area contributed by atoms with Crippen LogP contribution in [0.2, 0.25) is 0 Å². The summed E-state index contributed by atoms with van der Waals surface area (Å²) >= 11 is 1.33. The molecule has 0 unspecified atom stereocenters. The molecule has 2 aromatic heterocycles. The van der Waals surface area contributed by atoms with Crippen molar-refractivity contribution in [3.63, 3.8) is 0 Å². The number of rotatable bonds is 3. The van der Waals surface area contributed by atoms with Gasteiger partial charge in [0.1, 0.15) is 10.7 Å². The first-order chi connectivity index (χ1) is 11.0. The number of thiazole rings is 1. The number of hydrogen-bond donors (Lipinski definition) is 1. The lowest BCUT2D eigenvalue weighted by atomic mass is 10.3. The van der Waals surface area contributed by atoms with Gasteiger partial charge in [0.15, 0.2) is 0 Å². The van der Waals surface area contributed by atoms with Gasteiger partial charge in [0, 0.05) is 0 Å². The SMILES string of the molecule is C/C(=N/Nc1c(F)c(F)nc(F)c1F)c1nc2ccccc2s1. The van der Waals surface area contributed by atoms with Gasteiger partial charge in [-0.2, -0.15) is 27.6 Å². The fourth-order valence-corrected chi connectivity index (χ4v) is 2.71. The van der Waals surface area contributed by atoms with E-state index in [2.05, 4.69) is 15.1 Å². The van der Waals surface area contributed by atoms with Crippen LogP contribution in [0.1, 0.15) is 11.9 Å². The van der Waals surface area contributed by atoms with E-state index < -0.39 is 29.2 Å². The van der Waals surface area contributed by atoms with Crippen LogP contribution in [-0.2, 0) is 0 Å². The number of hydrazone groups is 1. The molecule has 0 atom stereocenters. The lowest BCUT2D eigenvalue weighted by Gasteiger charge is -2.05. The minimum absolute atomic E-state index is 0.308. The lowest BCUT2D eigenvalue weighted by molar-refractivity contribution is 0.411. The maximum Gasteiger partial charge on any atom is 0.254 e. The van der Waals surface area contributed by atoms with E-state index in [4.69, 9.17) is 0 Å². The van der Waals surface area contributed by atoms with Crippen molar-refractivity contribution in [2.24, 2.45) is 5.10 Å². The predicted octanol–water partition coefficient (Wildman–Crippen LogP) is 4.08. The molecule has 3 rings (SSSR count). The van der Waals surface area contributed by atoms with E-state index in [0.29, 0.717) is 10.7 Å². The average Bonchev–Trinajstić information content (AvgIpc) is 2.97. The fraction of sp³-hybridized carbons (Fsp3) is 0.0714. The first-order valence-electron chi connectivity index (χ1n) is 6.33. The molecule has 0 aliphatic heterocycles. The molecule has 0 aliphatic rings. The van der Waals surface area contributed by atoms with Gasteiger partial charge >= 0.3 is 0 Å². The largest absolute Gasteiger partial charge is 0.272 e. The molecule has 1 aromatic carbocycles. The van der Waals surface area contributed by atoms with Crippen molar-refractivity contribution in [2.45, 2.75) is 6.92 Å². The summed E-state index contributed by atoms with van der Waals surface area (Å²) < 4.78 is 53.9. The first-order valence-corrected chi connectivity index (χ1v) is 7.15. The van der Waals surface area contributed by atoms with Gasteiger partial charge in [-0.05, 0) is 19.1 Å². The van der Waals surface area contributed by atoms with E-state index >= 15 is 0 Å². The van der Waals surface area contributed by atoms with Crippen molar-refractivity contribution in [3.8, 4) is 0 Å². The summed E-state index contributed by atoms with van der Waals surface area (Å²) in [6.07, 6.45) is 0. The summed E-state index contributed by atoms with van der Waals surface area (Å²) in [6.45, 7) is 1.55. The standard InChI is InChI=1S/C14H8F4N4S/c1-6(14-19-7-4-2-3-5-8(7)23-14)21-22-11-9(15)12(17)20-13(18)10(11)16/h2-5H,1H3,(H,20,22)/b21-6-. The van der Waals surface area contributed by atoms with Gasteiger partial charge in [-0.3, -0.25) is 5.43 Å². The van der Waals surface area contributed by atoms with Gasteiger partial charge in [-0.15, -0.1) is 11.3 Å². The second kappa shape index (κ2) is 5.92. The predicted molar refractivity (Wildman–Crippen MR) is 79.5 cm³/mol. The number of benzene rings is 1. The Morgan fingerprint density at radius 1 is 1.04 bits per heavy atom. The van der Waals surface area contributed by atoms with E-state index in [0.717, 1.165) is 10.2 Å². The van der Waals surface area contributed by atoms with Crippen LogP contribution in [0.25, 0.3) is 10.2 Å². The van der Waals surface area contributed by atoms with Crippen molar-refractivity contribution in [1.82, 2.24) is 9.97 Å². The molecule has 1 N–H and O–H groups in total. The molecular formula is C14H8F4N4S. The summed E-state index contributed by atoms with van der Waals surface area (Å²) in [6, 6.07) is 7.35. The molecule has 0 saturated heterocycles. The number of halogens is 4. The third kappa shape index (κ3) is 2.87. The van der Waals surface area contributed by atoms with Crippen LogP contribution in [0.4, 0.5) is 23.2 Å². The fourth-order valence-electron chi connectivity index (χ4n) is 1.80. The molecule has 0 amide bonds. The Morgan fingerprint density at radius 2 is 1.70 bits per heavy atom. The van der Waals surface area contributed by atoms with Crippen LogP contribution in [-0.4, -0.2) is 15.7 Å². The smallest absolute Gasteiger partial charge is 0.254 e. The topological polar surface area (TPSA) is 50.2 Å². The zero-order chi connectivity index (χ0) is 16.6. The number of anilines is 1. The van der Waals surface area contributed by atoms with Crippen LogP contribution in [0.3, 0.4) is 0 Å². The zero-order valence-corrected chi connectivity index (χ0v) is 12.4. The Morgan fingerprint density at radius 3 is 2.35 bits per heavy atom. The molecule has 118 valence electrons. The third-order valence-electron chi connectivity index (χ3n) is 2.94. The average molecular weight is 340 g/mol. The van der Waals surface area contributed by atoms with Crippen LogP contribution in [0.15, 0.2) is 29.4 Å². The molecule has 4 nitrogen and oxygen atoms in total. The quantitative estimate of drug-likeness (QED) is 0.338. The Balaban J connectivity index is 1.93. The van der Waals surface area contributed by atoms with Gasteiger partial charge in [-0.1, -0.05) is 12.1 Å². The normalized spacial score (nSPS) is 12.0. The van der Waals surface area contributed by atoms with Crippen LogP contribution in [0.5, 0.6) is 0 Å². The highest BCUT2D eigenvalue weighted by Crippen LogP contribution is 2.24. The lowest BCUT2D eigenvalue weighted by Crippen LogP contribution is -2.07. The van der Waals surface area contributed by atoms with Gasteiger partial charge < -0.3 is 0 Å². The Hall–Kier alpha value is -2.55. The number of pyridine rings is 1. The molecule has 3 aromatic rings. The molecule has 0 spiro atoms. The highest BCUT2D eigenvalue weighted by Gasteiger charge is 2.20. The highest BCUT2D eigenvalue weighted by molar-refractivity contribution is 7.20. The van der Waals surface area contributed by atoms with Crippen molar-refractivity contribution in [3.05, 3.63) is 52.8 Å². The number of aromatic nitrogens is 2. The van der Waals surface area contributed by atoms with Crippen LogP contribution >= 0.6 is 11.3 Å². The molecule has 2 heterocycles. The number of para-hydroxylation sites is 1. The van der Waals surface area contributed by atoms with Crippen molar-refractivity contribution in [1.29, 1.82) is 0 Å². The summed E-state index contributed by atoms with van der Waals surface area (Å²) in [5.41, 5.74) is 2.00. The zero-order valence-electron chi connectivity index (χ0n) is 11.6. The van der Waals surface area contributed by atoms with Crippen molar-refractivity contribution >= 4 is 33.0 Å². The van der Waals surface area contributed by atoms with Gasteiger partial charge in [-0.25, -0.2) is 4.98 Å². The summed E-state index contributed by atoms with van der Waals surface area (Å²) in [7, 11) is 0. The van der Waals surface area contributed by atoms with Crippen molar-refractivity contribution < 1.29 is 17.6 Å². The number of fused-ring (bicyclic) bond motifs is 1. The summed E-state index contributed by atoms with van der Waals surface area (Å²) in [5.74, 6) is -6.80. The van der Waals surface area contributed by atoms with Gasteiger partial charge in [0.05, 0.1) is 15.9 Å². The second-order valence-electron chi connectivity index (χ2n) is 4.49. The van der Waals surface area contributed by atoms with Gasteiger partial charge in [0.2, 0.25) is 11.6 Å². The Kier molecular flexibility index (Phi) is 3.95. The molecule has 0 radical (unpaired) electrons. The molecule has 23 heavy (non-hydrogen) atoms. The van der Waals surface area contributed by atoms with E-state index in [1.807, 2.05) is 29.7 Å². The molecule has 0 bridgehead atoms. The summed E-state index contributed by atoms with van der Waals surface area (Å²) in [5, 5.41) is 4.25. The molecular weight excluding hydrogens is 332 g/mol. The Bertz CT molecular complexity index is 863. The van der Waals surface area contributed by atoms with Crippen LogP contribution < -0.4 is 5.43 Å². The van der Waals surface area contributed by atoms with Crippen molar-refractivity contribution in [2.75, 3.05) is 5.43 Å².